The number of nitrogens with one attached hydrogen (secondary N) is 2. The van der Waals surface area contributed by atoms with Gasteiger partial charge in [-0.25, -0.2) is 0 Å². The van der Waals surface area contributed by atoms with E-state index in [1.165, 1.54) is 11.1 Å². The van der Waals surface area contributed by atoms with E-state index in [0.717, 1.165) is 18.3 Å². The number of furan rings is 1. The van der Waals surface area contributed by atoms with Gasteiger partial charge in [0, 0.05) is 20.1 Å². The fourth-order valence-corrected chi connectivity index (χ4v) is 2.44. The molecule has 1 heterocycles. The number of likely N-dealkylation sites (N-methyl/N-ethyl adjacent to an activating group) is 1. The number of aliphatic imine (C=N–C) groups is 1. The average molecular weight is 314 g/mol. The molecule has 124 valence electrons. The second kappa shape index (κ2) is 8.39. The van der Waals surface area contributed by atoms with Crippen LogP contribution in [0.3, 0.4) is 0 Å². The predicted octanol–water partition coefficient (Wildman–Crippen LogP) is 2.56. The van der Waals surface area contributed by atoms with Crippen molar-refractivity contribution in [3.63, 3.8) is 0 Å². The highest BCUT2D eigenvalue weighted by Crippen LogP contribution is 2.17. The molecular formula is C18H26N4O. The topological polar surface area (TPSA) is 52.8 Å². The summed E-state index contributed by atoms with van der Waals surface area (Å²) in [5.74, 6) is 1.72. The second-order valence-electron chi connectivity index (χ2n) is 5.79. The van der Waals surface area contributed by atoms with E-state index in [9.17, 15) is 0 Å². The lowest BCUT2D eigenvalue weighted by atomic mass is 10.1. The first-order valence-electron chi connectivity index (χ1n) is 7.80. The van der Waals surface area contributed by atoms with E-state index >= 15 is 0 Å². The van der Waals surface area contributed by atoms with Crippen LogP contribution >= 0.6 is 0 Å². The summed E-state index contributed by atoms with van der Waals surface area (Å²) < 4.78 is 5.52. The molecule has 1 atom stereocenters. The molecule has 1 aromatic heterocycles. The molecule has 2 rings (SSSR count). The Labute approximate surface area is 138 Å². The van der Waals surface area contributed by atoms with Crippen LogP contribution in [0.1, 0.15) is 22.9 Å². The highest BCUT2D eigenvalue weighted by atomic mass is 16.3. The number of hydrogen-bond acceptors (Lipinski definition) is 3. The van der Waals surface area contributed by atoms with Gasteiger partial charge in [0.25, 0.3) is 0 Å². The minimum atomic E-state index is 0.155. The lowest BCUT2D eigenvalue weighted by molar-refractivity contribution is 0.258. The number of aryl methyl sites for hydroxylation is 1. The molecule has 23 heavy (non-hydrogen) atoms. The Bertz CT molecular complexity index is 620. The van der Waals surface area contributed by atoms with Crippen molar-refractivity contribution in [1.82, 2.24) is 15.5 Å². The Morgan fingerprint density at radius 2 is 2.04 bits per heavy atom. The smallest absolute Gasteiger partial charge is 0.191 e. The lowest BCUT2D eigenvalue weighted by Crippen LogP contribution is -2.41. The summed E-state index contributed by atoms with van der Waals surface area (Å²) in [7, 11) is 5.86. The average Bonchev–Trinajstić information content (AvgIpc) is 3.04. The Morgan fingerprint density at radius 3 is 2.65 bits per heavy atom. The van der Waals surface area contributed by atoms with Gasteiger partial charge in [0.05, 0.1) is 12.3 Å². The fraction of sp³-hybridized carbons (Fsp3) is 0.389. The summed E-state index contributed by atoms with van der Waals surface area (Å²) in [4.78, 5) is 6.41. The molecule has 1 unspecified atom stereocenters. The van der Waals surface area contributed by atoms with Crippen LogP contribution in [0, 0.1) is 6.92 Å². The normalized spacial score (nSPS) is 13.2. The van der Waals surface area contributed by atoms with Crippen LogP contribution in [0.15, 0.2) is 52.1 Å². The van der Waals surface area contributed by atoms with Crippen LogP contribution in [0.4, 0.5) is 0 Å². The lowest BCUT2D eigenvalue weighted by Gasteiger charge is -2.23. The number of guanidine groups is 1. The van der Waals surface area contributed by atoms with Gasteiger partial charge in [0.1, 0.15) is 5.76 Å². The third-order valence-corrected chi connectivity index (χ3v) is 3.72. The zero-order chi connectivity index (χ0) is 16.7. The highest BCUT2D eigenvalue weighted by Gasteiger charge is 2.17. The summed E-state index contributed by atoms with van der Waals surface area (Å²) in [6, 6.07) is 12.5. The molecular weight excluding hydrogens is 288 g/mol. The second-order valence-corrected chi connectivity index (χ2v) is 5.79. The fourth-order valence-electron chi connectivity index (χ4n) is 2.44. The minimum Gasteiger partial charge on any atom is -0.468 e. The van der Waals surface area contributed by atoms with E-state index in [0.29, 0.717) is 6.54 Å². The van der Waals surface area contributed by atoms with Crippen LogP contribution in [-0.4, -0.2) is 38.5 Å². The summed E-state index contributed by atoms with van der Waals surface area (Å²) in [6.45, 7) is 3.56. The Balaban J connectivity index is 1.89. The Kier molecular flexibility index (Phi) is 6.23. The van der Waals surface area contributed by atoms with Crippen molar-refractivity contribution in [2.45, 2.75) is 19.5 Å². The van der Waals surface area contributed by atoms with Gasteiger partial charge >= 0.3 is 0 Å². The van der Waals surface area contributed by atoms with Crippen LogP contribution in [0.25, 0.3) is 0 Å². The van der Waals surface area contributed by atoms with Crippen molar-refractivity contribution in [1.29, 1.82) is 0 Å². The summed E-state index contributed by atoms with van der Waals surface area (Å²) in [6.07, 6.45) is 1.71. The first kappa shape index (κ1) is 17.1. The Hall–Kier alpha value is -2.27. The number of benzene rings is 1. The number of nitrogens with zero attached hydrogens (tertiary/aromatic N) is 2. The molecule has 0 saturated carbocycles. The molecule has 5 nitrogen and oxygen atoms in total. The molecule has 0 aliphatic rings. The minimum absolute atomic E-state index is 0.155. The molecule has 0 radical (unpaired) electrons. The van der Waals surface area contributed by atoms with E-state index in [-0.39, 0.29) is 6.04 Å². The van der Waals surface area contributed by atoms with Crippen molar-refractivity contribution in [2.75, 3.05) is 27.7 Å². The maximum Gasteiger partial charge on any atom is 0.191 e. The zero-order valence-electron chi connectivity index (χ0n) is 14.3. The maximum absolute atomic E-state index is 5.52. The third-order valence-electron chi connectivity index (χ3n) is 3.72. The van der Waals surface area contributed by atoms with Crippen molar-refractivity contribution in [3.8, 4) is 0 Å². The van der Waals surface area contributed by atoms with Gasteiger partial charge in [-0.1, -0.05) is 29.8 Å². The van der Waals surface area contributed by atoms with Crippen molar-refractivity contribution < 1.29 is 4.42 Å². The van der Waals surface area contributed by atoms with Gasteiger partial charge in [-0.2, -0.15) is 0 Å². The highest BCUT2D eigenvalue weighted by molar-refractivity contribution is 5.79. The predicted molar refractivity (Wildman–Crippen MR) is 94.5 cm³/mol. The SMILES string of the molecule is CN=C(NCc1cccc(C)c1)NCC(c1ccco1)N(C)C. The van der Waals surface area contributed by atoms with Crippen molar-refractivity contribution >= 4 is 5.96 Å². The van der Waals surface area contributed by atoms with Gasteiger partial charge in [0.2, 0.25) is 0 Å². The first-order valence-corrected chi connectivity index (χ1v) is 7.80. The molecule has 0 fully saturated rings. The van der Waals surface area contributed by atoms with E-state index in [4.69, 9.17) is 4.42 Å². The first-order chi connectivity index (χ1) is 11.1. The summed E-state index contributed by atoms with van der Waals surface area (Å²) >= 11 is 0. The van der Waals surface area contributed by atoms with Gasteiger partial charge in [0.15, 0.2) is 5.96 Å². The molecule has 0 bridgehead atoms. The molecule has 2 aromatic rings. The van der Waals surface area contributed by atoms with Gasteiger partial charge < -0.3 is 15.1 Å². The number of rotatable bonds is 6. The summed E-state index contributed by atoms with van der Waals surface area (Å²) in [5, 5.41) is 6.70. The monoisotopic (exact) mass is 314 g/mol. The molecule has 5 heteroatoms. The Morgan fingerprint density at radius 1 is 1.22 bits per heavy atom. The maximum atomic E-state index is 5.52. The van der Waals surface area contributed by atoms with Crippen molar-refractivity contribution in [3.05, 3.63) is 59.5 Å². The molecule has 2 N–H and O–H groups in total. The van der Waals surface area contributed by atoms with Gasteiger partial charge in [-0.3, -0.25) is 9.89 Å². The molecule has 0 saturated heterocycles. The van der Waals surface area contributed by atoms with Gasteiger partial charge in [-0.15, -0.1) is 0 Å². The van der Waals surface area contributed by atoms with E-state index < -0.39 is 0 Å². The molecule has 0 aliphatic carbocycles. The molecule has 0 amide bonds. The quantitative estimate of drug-likeness (QED) is 0.635. The van der Waals surface area contributed by atoms with Crippen molar-refractivity contribution in [2.24, 2.45) is 4.99 Å². The molecule has 0 aliphatic heterocycles. The number of hydrogen-bond donors (Lipinski definition) is 2. The standard InChI is InChI=1S/C18H26N4O/c1-14-7-5-8-15(11-14)12-20-18(19-2)21-13-16(22(3)4)17-9-6-10-23-17/h5-11,16H,12-13H2,1-4H3,(H2,19,20,21). The van der Waals surface area contributed by atoms with Crippen LogP contribution in [-0.2, 0) is 6.54 Å². The van der Waals surface area contributed by atoms with Gasteiger partial charge in [-0.05, 0) is 38.7 Å². The van der Waals surface area contributed by atoms with E-state index in [2.05, 4.69) is 51.7 Å². The van der Waals surface area contributed by atoms with Crippen LogP contribution in [0.2, 0.25) is 0 Å². The molecule has 1 aromatic carbocycles. The van der Waals surface area contributed by atoms with Crippen LogP contribution in [0.5, 0.6) is 0 Å². The molecule has 0 spiro atoms. The zero-order valence-corrected chi connectivity index (χ0v) is 14.3. The summed E-state index contributed by atoms with van der Waals surface area (Å²) in [5.41, 5.74) is 2.50. The van der Waals surface area contributed by atoms with E-state index in [1.807, 2.05) is 26.2 Å². The van der Waals surface area contributed by atoms with E-state index in [1.54, 1.807) is 13.3 Å². The van der Waals surface area contributed by atoms with Crippen LogP contribution < -0.4 is 10.6 Å². The largest absolute Gasteiger partial charge is 0.468 e. The third kappa shape index (κ3) is 5.14.